The van der Waals surface area contributed by atoms with E-state index in [0.29, 0.717) is 25.9 Å². The second-order valence-electron chi connectivity index (χ2n) is 6.01. The Balaban J connectivity index is 1.66. The third-order valence-corrected chi connectivity index (χ3v) is 5.56. The zero-order valence-electron chi connectivity index (χ0n) is 12.6. The highest BCUT2D eigenvalue weighted by atomic mass is 32.1. The van der Waals surface area contributed by atoms with Crippen molar-refractivity contribution in [2.45, 2.75) is 38.1 Å². The molecule has 1 aromatic heterocycles. The Hall–Kier alpha value is -1.63. The molecule has 0 spiro atoms. The fourth-order valence-electron chi connectivity index (χ4n) is 3.43. The predicted molar refractivity (Wildman–Crippen MR) is 84.3 cm³/mol. The van der Waals surface area contributed by atoms with Crippen molar-refractivity contribution >= 4 is 23.3 Å². The summed E-state index contributed by atoms with van der Waals surface area (Å²) >= 11 is 1.63. The van der Waals surface area contributed by atoms with E-state index in [9.17, 15) is 9.59 Å². The Kier molecular flexibility index (Phi) is 4.61. The van der Waals surface area contributed by atoms with Gasteiger partial charge in [0.15, 0.2) is 0 Å². The van der Waals surface area contributed by atoms with Gasteiger partial charge in [0.2, 0.25) is 5.91 Å². The van der Waals surface area contributed by atoms with Crippen LogP contribution in [0.3, 0.4) is 0 Å². The fourth-order valence-corrected chi connectivity index (χ4v) is 4.22. The molecule has 2 aliphatic heterocycles. The molecule has 2 aliphatic rings. The highest BCUT2D eigenvalue weighted by Crippen LogP contribution is 2.34. The Morgan fingerprint density at radius 1 is 1.18 bits per heavy atom. The number of hydrogen-bond donors (Lipinski definition) is 1. The molecule has 6 nitrogen and oxygen atoms in total. The number of nitrogens with zero attached hydrogens (tertiary/aromatic N) is 3. The Morgan fingerprint density at radius 2 is 1.95 bits per heavy atom. The summed E-state index contributed by atoms with van der Waals surface area (Å²) in [5, 5.41) is 3.01. The number of carbonyl (C=O) groups excluding carboxylic acids is 2. The average molecular weight is 322 g/mol. The second kappa shape index (κ2) is 6.64. The van der Waals surface area contributed by atoms with Crippen molar-refractivity contribution in [2.75, 3.05) is 19.6 Å². The van der Waals surface area contributed by atoms with E-state index in [1.54, 1.807) is 16.2 Å². The second-order valence-corrected chi connectivity index (χ2v) is 6.94. The van der Waals surface area contributed by atoms with Gasteiger partial charge in [-0.25, -0.2) is 9.78 Å². The molecule has 3 heterocycles. The van der Waals surface area contributed by atoms with Gasteiger partial charge in [-0.05, 0) is 32.1 Å². The molecule has 7 heteroatoms. The zero-order chi connectivity index (χ0) is 15.5. The van der Waals surface area contributed by atoms with Gasteiger partial charge < -0.3 is 15.5 Å². The number of thiazole rings is 1. The van der Waals surface area contributed by atoms with Crippen LogP contribution in [0.1, 0.15) is 43.2 Å². The summed E-state index contributed by atoms with van der Waals surface area (Å²) in [6.45, 7) is 1.99. The van der Waals surface area contributed by atoms with E-state index in [0.717, 1.165) is 30.8 Å². The van der Waals surface area contributed by atoms with Crippen LogP contribution in [0.25, 0.3) is 0 Å². The van der Waals surface area contributed by atoms with Gasteiger partial charge in [0.25, 0.3) is 0 Å². The summed E-state index contributed by atoms with van der Waals surface area (Å²) in [5.74, 6) is 0.236. The number of carbonyl (C=O) groups is 2. The van der Waals surface area contributed by atoms with E-state index in [1.807, 2.05) is 16.5 Å². The molecule has 120 valence electrons. The maximum absolute atomic E-state index is 12.9. The summed E-state index contributed by atoms with van der Waals surface area (Å²) in [5.41, 5.74) is 5.30. The third-order valence-electron chi connectivity index (χ3n) is 4.68. The summed E-state index contributed by atoms with van der Waals surface area (Å²) in [6, 6.07) is -0.250. The number of piperidine rings is 2. The summed E-state index contributed by atoms with van der Waals surface area (Å²) in [7, 11) is 0. The van der Waals surface area contributed by atoms with Crippen LogP contribution in [0.5, 0.6) is 0 Å². The molecular weight excluding hydrogens is 300 g/mol. The Bertz CT molecular complexity index is 526. The molecule has 0 saturated carbocycles. The molecule has 1 aromatic rings. The maximum atomic E-state index is 12.9. The van der Waals surface area contributed by atoms with Crippen LogP contribution >= 0.6 is 11.3 Å². The normalized spacial score (nSPS) is 23.5. The SMILES string of the molecule is NC(=O)N1CCC(C(=O)N2CCCC[C@@H]2c2nccs2)CC1. The lowest BCUT2D eigenvalue weighted by molar-refractivity contribution is -0.140. The number of nitrogens with two attached hydrogens (primary N) is 1. The molecule has 22 heavy (non-hydrogen) atoms. The summed E-state index contributed by atoms with van der Waals surface area (Å²) in [4.78, 5) is 32.1. The van der Waals surface area contributed by atoms with Crippen molar-refractivity contribution in [2.24, 2.45) is 11.7 Å². The van der Waals surface area contributed by atoms with Crippen molar-refractivity contribution in [3.63, 3.8) is 0 Å². The molecular formula is C15H22N4O2S. The molecule has 0 aromatic carbocycles. The van der Waals surface area contributed by atoms with Crippen LogP contribution < -0.4 is 5.73 Å². The van der Waals surface area contributed by atoms with Crippen LogP contribution in [0.15, 0.2) is 11.6 Å². The molecule has 0 aliphatic carbocycles. The number of amides is 3. The highest BCUT2D eigenvalue weighted by molar-refractivity contribution is 7.09. The minimum absolute atomic E-state index is 0.0103. The topological polar surface area (TPSA) is 79.5 Å². The highest BCUT2D eigenvalue weighted by Gasteiger charge is 2.35. The van der Waals surface area contributed by atoms with E-state index >= 15 is 0 Å². The number of primary amides is 1. The molecule has 2 N–H and O–H groups in total. The lowest BCUT2D eigenvalue weighted by Crippen LogP contribution is -2.47. The average Bonchev–Trinajstić information content (AvgIpc) is 3.08. The van der Waals surface area contributed by atoms with E-state index in [2.05, 4.69) is 4.98 Å². The first-order chi connectivity index (χ1) is 10.7. The van der Waals surface area contributed by atoms with E-state index < -0.39 is 0 Å². The summed E-state index contributed by atoms with van der Waals surface area (Å²) in [6.07, 6.45) is 6.44. The fraction of sp³-hybridized carbons (Fsp3) is 0.667. The Labute approximate surface area is 134 Å². The largest absolute Gasteiger partial charge is 0.351 e. The predicted octanol–water partition coefficient (Wildman–Crippen LogP) is 1.99. The van der Waals surface area contributed by atoms with E-state index in [4.69, 9.17) is 5.73 Å². The Morgan fingerprint density at radius 3 is 2.59 bits per heavy atom. The van der Waals surface area contributed by atoms with Gasteiger partial charge in [0.1, 0.15) is 5.01 Å². The van der Waals surface area contributed by atoms with Gasteiger partial charge >= 0.3 is 6.03 Å². The van der Waals surface area contributed by atoms with Crippen LogP contribution in [-0.2, 0) is 4.79 Å². The molecule has 3 rings (SSSR count). The van der Waals surface area contributed by atoms with Gasteiger partial charge in [-0.15, -0.1) is 11.3 Å². The minimum Gasteiger partial charge on any atom is -0.351 e. The molecule has 0 bridgehead atoms. The lowest BCUT2D eigenvalue weighted by Gasteiger charge is -2.39. The number of hydrogen-bond acceptors (Lipinski definition) is 4. The first-order valence-corrected chi connectivity index (χ1v) is 8.79. The van der Waals surface area contributed by atoms with Crippen LogP contribution in [0, 0.1) is 5.92 Å². The maximum Gasteiger partial charge on any atom is 0.314 e. The first-order valence-electron chi connectivity index (χ1n) is 7.91. The molecule has 1 atom stereocenters. The van der Waals surface area contributed by atoms with Crippen molar-refractivity contribution in [1.29, 1.82) is 0 Å². The van der Waals surface area contributed by atoms with Crippen LogP contribution in [0.2, 0.25) is 0 Å². The smallest absolute Gasteiger partial charge is 0.314 e. The molecule has 2 fully saturated rings. The van der Waals surface area contributed by atoms with Gasteiger partial charge in [0.05, 0.1) is 6.04 Å². The lowest BCUT2D eigenvalue weighted by atomic mass is 9.92. The van der Waals surface area contributed by atoms with Crippen molar-refractivity contribution in [3.05, 3.63) is 16.6 Å². The molecule has 0 radical (unpaired) electrons. The molecule has 0 unspecified atom stereocenters. The number of likely N-dealkylation sites (tertiary alicyclic amines) is 2. The van der Waals surface area contributed by atoms with Crippen molar-refractivity contribution in [1.82, 2.24) is 14.8 Å². The van der Waals surface area contributed by atoms with Gasteiger partial charge in [-0.1, -0.05) is 0 Å². The molecule has 2 saturated heterocycles. The third kappa shape index (κ3) is 3.09. The van der Waals surface area contributed by atoms with E-state index in [-0.39, 0.29) is 23.9 Å². The van der Waals surface area contributed by atoms with Crippen molar-refractivity contribution in [3.8, 4) is 0 Å². The van der Waals surface area contributed by atoms with Crippen molar-refractivity contribution < 1.29 is 9.59 Å². The standard InChI is InChI=1S/C15H22N4O2S/c16-15(21)18-8-4-11(5-9-18)14(20)19-7-2-1-3-12(19)13-17-6-10-22-13/h6,10-12H,1-5,7-9H2,(H2,16,21)/t12-/m1/s1. The van der Waals surface area contributed by atoms with E-state index in [1.165, 1.54) is 0 Å². The van der Waals surface area contributed by atoms with Crippen LogP contribution in [0.4, 0.5) is 4.79 Å². The van der Waals surface area contributed by atoms with Gasteiger partial charge in [0, 0.05) is 37.1 Å². The number of rotatable bonds is 2. The number of urea groups is 1. The van der Waals surface area contributed by atoms with Gasteiger partial charge in [-0.3, -0.25) is 4.79 Å². The summed E-state index contributed by atoms with van der Waals surface area (Å²) < 4.78 is 0. The minimum atomic E-state index is -0.385. The quantitative estimate of drug-likeness (QED) is 0.904. The van der Waals surface area contributed by atoms with Gasteiger partial charge in [-0.2, -0.15) is 0 Å². The molecule has 3 amide bonds. The zero-order valence-corrected chi connectivity index (χ0v) is 13.4. The van der Waals surface area contributed by atoms with Crippen LogP contribution in [-0.4, -0.2) is 46.4 Å². The first kappa shape index (κ1) is 15.3. The number of aromatic nitrogens is 1. The monoisotopic (exact) mass is 322 g/mol.